The van der Waals surface area contributed by atoms with Crippen LogP contribution in [-0.2, 0) is 4.74 Å². The average molecular weight is 324 g/mol. The summed E-state index contributed by atoms with van der Waals surface area (Å²) >= 11 is 0. The Hall–Kier alpha value is -2.40. The molecule has 0 spiro atoms. The summed E-state index contributed by atoms with van der Waals surface area (Å²) < 4.78 is 17.4. The first-order valence-electron chi connectivity index (χ1n) is 8.40. The van der Waals surface area contributed by atoms with E-state index in [-0.39, 0.29) is 12.2 Å². The Labute approximate surface area is 140 Å². The van der Waals surface area contributed by atoms with Crippen LogP contribution in [-0.4, -0.2) is 16.8 Å². The molecular formula is C19H20N2O3. The Kier molecular flexibility index (Phi) is 4.17. The van der Waals surface area contributed by atoms with Gasteiger partial charge in [0.05, 0.1) is 0 Å². The van der Waals surface area contributed by atoms with E-state index < -0.39 is 0 Å². The second-order valence-electron chi connectivity index (χ2n) is 6.10. The number of hydrogen-bond acceptors (Lipinski definition) is 5. The van der Waals surface area contributed by atoms with Gasteiger partial charge < -0.3 is 13.9 Å². The predicted octanol–water partition coefficient (Wildman–Crippen LogP) is 4.60. The molecule has 124 valence electrons. The predicted molar refractivity (Wildman–Crippen MR) is 89.8 cm³/mol. The van der Waals surface area contributed by atoms with Crippen molar-refractivity contribution in [1.29, 1.82) is 0 Å². The number of fused-ring (bicyclic) bond motifs is 1. The summed E-state index contributed by atoms with van der Waals surface area (Å²) in [6.45, 7) is 2.67. The van der Waals surface area contributed by atoms with E-state index in [1.54, 1.807) is 0 Å². The molecule has 0 N–H and O–H groups in total. The summed E-state index contributed by atoms with van der Waals surface area (Å²) in [4.78, 5) is 0. The summed E-state index contributed by atoms with van der Waals surface area (Å²) in [5.41, 5.74) is 0. The second kappa shape index (κ2) is 6.61. The Morgan fingerprint density at radius 1 is 1.08 bits per heavy atom. The third-order valence-electron chi connectivity index (χ3n) is 4.29. The van der Waals surface area contributed by atoms with E-state index in [2.05, 4.69) is 22.3 Å². The van der Waals surface area contributed by atoms with Gasteiger partial charge in [-0.1, -0.05) is 30.3 Å². The van der Waals surface area contributed by atoms with Crippen molar-refractivity contribution < 1.29 is 13.9 Å². The van der Waals surface area contributed by atoms with E-state index >= 15 is 0 Å². The van der Waals surface area contributed by atoms with Gasteiger partial charge in [0.15, 0.2) is 6.10 Å². The van der Waals surface area contributed by atoms with Gasteiger partial charge in [-0.2, -0.15) is 0 Å². The SMILES string of the molecule is CC(Oc1ccc2ccccc2c1)c1nnc(C2CCCCO2)o1. The van der Waals surface area contributed by atoms with E-state index in [4.69, 9.17) is 13.9 Å². The molecule has 2 atom stereocenters. The van der Waals surface area contributed by atoms with Gasteiger partial charge in [0.25, 0.3) is 5.89 Å². The lowest BCUT2D eigenvalue weighted by molar-refractivity contribution is -0.00311. The summed E-state index contributed by atoms with van der Waals surface area (Å²) in [5.74, 6) is 1.82. The molecule has 5 nitrogen and oxygen atoms in total. The average Bonchev–Trinajstić information content (AvgIpc) is 3.13. The van der Waals surface area contributed by atoms with Crippen LogP contribution in [0.5, 0.6) is 5.75 Å². The van der Waals surface area contributed by atoms with Gasteiger partial charge in [0.1, 0.15) is 11.9 Å². The van der Waals surface area contributed by atoms with Crippen molar-refractivity contribution in [1.82, 2.24) is 10.2 Å². The van der Waals surface area contributed by atoms with Crippen LogP contribution in [0.2, 0.25) is 0 Å². The molecule has 1 saturated heterocycles. The van der Waals surface area contributed by atoms with E-state index in [0.717, 1.165) is 37.0 Å². The lowest BCUT2D eigenvalue weighted by atomic mass is 10.1. The third kappa shape index (κ3) is 3.12. The van der Waals surface area contributed by atoms with E-state index in [0.29, 0.717) is 11.8 Å². The van der Waals surface area contributed by atoms with E-state index in [1.165, 1.54) is 5.39 Å². The molecular weight excluding hydrogens is 304 g/mol. The van der Waals surface area contributed by atoms with Crippen LogP contribution in [0.25, 0.3) is 10.8 Å². The number of benzene rings is 2. The molecule has 2 unspecified atom stereocenters. The van der Waals surface area contributed by atoms with Crippen molar-refractivity contribution in [3.05, 3.63) is 54.2 Å². The van der Waals surface area contributed by atoms with Crippen molar-refractivity contribution in [3.8, 4) is 5.75 Å². The van der Waals surface area contributed by atoms with Crippen molar-refractivity contribution in [3.63, 3.8) is 0 Å². The number of hydrogen-bond donors (Lipinski definition) is 0. The highest BCUT2D eigenvalue weighted by molar-refractivity contribution is 5.83. The summed E-state index contributed by atoms with van der Waals surface area (Å²) in [7, 11) is 0. The minimum atomic E-state index is -0.309. The molecule has 2 heterocycles. The fraction of sp³-hybridized carbons (Fsp3) is 0.368. The quantitative estimate of drug-likeness (QED) is 0.701. The van der Waals surface area contributed by atoms with Crippen LogP contribution < -0.4 is 4.74 Å². The van der Waals surface area contributed by atoms with Crippen molar-refractivity contribution in [2.75, 3.05) is 6.61 Å². The Morgan fingerprint density at radius 3 is 2.79 bits per heavy atom. The topological polar surface area (TPSA) is 57.4 Å². The molecule has 0 amide bonds. The van der Waals surface area contributed by atoms with Gasteiger partial charge in [0.2, 0.25) is 5.89 Å². The number of aromatic nitrogens is 2. The molecule has 3 aromatic rings. The van der Waals surface area contributed by atoms with Crippen LogP contribution in [0.3, 0.4) is 0 Å². The summed E-state index contributed by atoms with van der Waals surface area (Å²) in [6, 6.07) is 14.2. The number of rotatable bonds is 4. The maximum Gasteiger partial charge on any atom is 0.256 e. The number of nitrogens with zero attached hydrogens (tertiary/aromatic N) is 2. The Morgan fingerprint density at radius 2 is 1.96 bits per heavy atom. The van der Waals surface area contributed by atoms with Gasteiger partial charge in [0, 0.05) is 6.61 Å². The third-order valence-corrected chi connectivity index (χ3v) is 4.29. The highest BCUT2D eigenvalue weighted by Crippen LogP contribution is 2.29. The van der Waals surface area contributed by atoms with Gasteiger partial charge >= 0.3 is 0 Å². The minimum absolute atomic E-state index is 0.0760. The molecule has 2 aromatic carbocycles. The monoisotopic (exact) mass is 324 g/mol. The molecule has 0 radical (unpaired) electrons. The molecule has 1 aromatic heterocycles. The molecule has 0 aliphatic carbocycles. The molecule has 0 saturated carbocycles. The molecule has 0 bridgehead atoms. The normalized spacial score (nSPS) is 19.3. The highest BCUT2D eigenvalue weighted by Gasteiger charge is 2.24. The Bertz CT molecular complexity index is 824. The lowest BCUT2D eigenvalue weighted by Gasteiger charge is -2.19. The van der Waals surface area contributed by atoms with Crippen molar-refractivity contribution in [2.45, 2.75) is 38.4 Å². The van der Waals surface area contributed by atoms with Gasteiger partial charge in [-0.3, -0.25) is 0 Å². The van der Waals surface area contributed by atoms with Crippen LogP contribution in [0.4, 0.5) is 0 Å². The molecule has 24 heavy (non-hydrogen) atoms. The molecule has 4 rings (SSSR count). The minimum Gasteiger partial charge on any atom is -0.481 e. The van der Waals surface area contributed by atoms with Crippen LogP contribution in [0.1, 0.15) is 50.2 Å². The zero-order valence-electron chi connectivity index (χ0n) is 13.6. The summed E-state index contributed by atoms with van der Waals surface area (Å²) in [6.07, 6.45) is 2.77. The van der Waals surface area contributed by atoms with Crippen molar-refractivity contribution in [2.24, 2.45) is 0 Å². The van der Waals surface area contributed by atoms with Gasteiger partial charge in [-0.15, -0.1) is 10.2 Å². The largest absolute Gasteiger partial charge is 0.481 e. The first-order chi connectivity index (χ1) is 11.8. The lowest BCUT2D eigenvalue weighted by Crippen LogP contribution is -2.11. The van der Waals surface area contributed by atoms with E-state index in [1.807, 2.05) is 37.3 Å². The molecule has 1 fully saturated rings. The Balaban J connectivity index is 1.48. The second-order valence-corrected chi connectivity index (χ2v) is 6.10. The highest BCUT2D eigenvalue weighted by atomic mass is 16.5. The summed E-state index contributed by atoms with van der Waals surface area (Å²) in [5, 5.41) is 10.6. The first kappa shape index (κ1) is 15.1. The zero-order valence-corrected chi connectivity index (χ0v) is 13.6. The molecule has 1 aliphatic rings. The molecule has 5 heteroatoms. The number of ether oxygens (including phenoxy) is 2. The van der Waals surface area contributed by atoms with Gasteiger partial charge in [-0.25, -0.2) is 0 Å². The van der Waals surface area contributed by atoms with Gasteiger partial charge in [-0.05, 0) is 49.1 Å². The van der Waals surface area contributed by atoms with Crippen molar-refractivity contribution >= 4 is 10.8 Å². The van der Waals surface area contributed by atoms with Crippen LogP contribution >= 0.6 is 0 Å². The zero-order chi connectivity index (χ0) is 16.4. The fourth-order valence-electron chi connectivity index (χ4n) is 2.97. The van der Waals surface area contributed by atoms with Crippen LogP contribution in [0, 0.1) is 0 Å². The maximum atomic E-state index is 5.97. The smallest absolute Gasteiger partial charge is 0.256 e. The van der Waals surface area contributed by atoms with E-state index in [9.17, 15) is 0 Å². The maximum absolute atomic E-state index is 5.97. The fourth-order valence-corrected chi connectivity index (χ4v) is 2.97. The molecule has 1 aliphatic heterocycles. The van der Waals surface area contributed by atoms with Crippen LogP contribution in [0.15, 0.2) is 46.9 Å². The standard InChI is InChI=1S/C19H20N2O3/c1-13(18-20-21-19(24-18)17-8-4-5-11-22-17)23-16-10-9-14-6-2-3-7-15(14)12-16/h2-3,6-7,9-10,12-13,17H,4-5,8,11H2,1H3. The first-order valence-corrected chi connectivity index (χ1v) is 8.40.